The predicted molar refractivity (Wildman–Crippen MR) is 124 cm³/mol. The molecule has 0 bridgehead atoms. The van der Waals surface area contributed by atoms with Crippen LogP contribution in [0.2, 0.25) is 0 Å². The van der Waals surface area contributed by atoms with E-state index < -0.39 is 6.09 Å². The number of rotatable bonds is 3. The van der Waals surface area contributed by atoms with Crippen molar-refractivity contribution in [3.05, 3.63) is 125 Å². The van der Waals surface area contributed by atoms with Gasteiger partial charge in [-0.1, -0.05) is 85.0 Å². The smallest absolute Gasteiger partial charge is 0.397 e. The summed E-state index contributed by atoms with van der Waals surface area (Å²) in [5.74, 6) is 0.0209. The zero-order valence-corrected chi connectivity index (χ0v) is 17.0. The molecule has 1 radical (unpaired) electrons. The summed E-state index contributed by atoms with van der Waals surface area (Å²) in [6.45, 7) is 0.253. The molecule has 0 heterocycles. The number of carbonyl (C=O) groups is 1. The molecule has 0 saturated carbocycles. The molecule has 3 heteroatoms. The van der Waals surface area contributed by atoms with Crippen LogP contribution in [0.25, 0.3) is 21.5 Å². The van der Waals surface area contributed by atoms with Crippen molar-refractivity contribution in [3.8, 4) is 17.2 Å². The van der Waals surface area contributed by atoms with E-state index in [9.17, 15) is 4.79 Å². The fourth-order valence-electron chi connectivity index (χ4n) is 4.28. The van der Waals surface area contributed by atoms with Crippen molar-refractivity contribution in [1.29, 1.82) is 0 Å². The highest BCUT2D eigenvalue weighted by Crippen LogP contribution is 2.44. The van der Waals surface area contributed by atoms with Gasteiger partial charge in [-0.3, -0.25) is 0 Å². The summed E-state index contributed by atoms with van der Waals surface area (Å²) in [4.78, 5) is 16.4. The van der Waals surface area contributed by atoms with Crippen LogP contribution in [0.3, 0.4) is 0 Å². The van der Waals surface area contributed by atoms with Gasteiger partial charge in [0, 0.05) is 11.5 Å². The highest BCUT2D eigenvalue weighted by Gasteiger charge is 2.30. The zero-order chi connectivity index (χ0) is 21.0. The Morgan fingerprint density at radius 1 is 0.903 bits per heavy atom. The summed E-state index contributed by atoms with van der Waals surface area (Å²) in [5, 5.41) is 0. The summed E-state index contributed by atoms with van der Waals surface area (Å²) in [6, 6.07) is 27.2. The number of hydrogen-bond donors (Lipinski definition) is 0. The molecule has 3 aromatic rings. The molecular weight excluding hydrogens is 382 g/mol. The molecule has 0 spiro atoms. The minimum absolute atomic E-state index is 0.0209. The van der Waals surface area contributed by atoms with Gasteiger partial charge in [-0.25, -0.2) is 0 Å². The van der Waals surface area contributed by atoms with Crippen LogP contribution in [0.15, 0.2) is 91.0 Å². The van der Waals surface area contributed by atoms with Gasteiger partial charge in [-0.05, 0) is 46.7 Å². The number of fused-ring (bicyclic) bond motifs is 3. The Hall–Kier alpha value is -3.90. The fourth-order valence-corrected chi connectivity index (χ4v) is 4.28. The SMILES string of the molecule is O=C([N+]#Cc1ccccc1C1=CC[CH]C=C1)OCC1c2ccccc2-c2ccccc21. The Morgan fingerprint density at radius 2 is 1.55 bits per heavy atom. The average Bonchev–Trinajstić information content (AvgIpc) is 3.16. The van der Waals surface area contributed by atoms with Gasteiger partial charge in [0.1, 0.15) is 12.2 Å². The van der Waals surface area contributed by atoms with Crippen molar-refractivity contribution >= 4 is 11.7 Å². The number of benzene rings is 3. The fraction of sp³-hybridized carbons (Fsp3) is 0.107. The van der Waals surface area contributed by atoms with E-state index in [-0.39, 0.29) is 12.5 Å². The van der Waals surface area contributed by atoms with Crippen molar-refractivity contribution in [2.45, 2.75) is 12.3 Å². The maximum Gasteiger partial charge on any atom is 0.728 e. The van der Waals surface area contributed by atoms with Crippen molar-refractivity contribution in [3.63, 3.8) is 0 Å². The average molecular weight is 403 g/mol. The van der Waals surface area contributed by atoms with Gasteiger partial charge in [0.15, 0.2) is 0 Å². The Bertz CT molecular complexity index is 1230. The van der Waals surface area contributed by atoms with Crippen LogP contribution in [-0.2, 0) is 4.74 Å². The lowest BCUT2D eigenvalue weighted by molar-refractivity contribution is 0.162. The Morgan fingerprint density at radius 3 is 2.23 bits per heavy atom. The maximum absolute atomic E-state index is 12.4. The van der Waals surface area contributed by atoms with Crippen LogP contribution < -0.4 is 0 Å². The molecule has 31 heavy (non-hydrogen) atoms. The largest absolute Gasteiger partial charge is 0.728 e. The molecule has 3 nitrogen and oxygen atoms in total. The third-order valence-corrected chi connectivity index (χ3v) is 5.73. The Kier molecular flexibility index (Phi) is 5.21. The molecule has 0 atom stereocenters. The number of amides is 1. The van der Waals surface area contributed by atoms with Crippen LogP contribution in [0.4, 0.5) is 4.79 Å². The third kappa shape index (κ3) is 3.81. The van der Waals surface area contributed by atoms with E-state index in [1.807, 2.05) is 54.6 Å². The first-order valence-corrected chi connectivity index (χ1v) is 10.4. The minimum atomic E-state index is -0.627. The molecule has 2 aliphatic carbocycles. The second kappa shape index (κ2) is 8.45. The van der Waals surface area contributed by atoms with E-state index in [0.29, 0.717) is 0 Å². The summed E-state index contributed by atoms with van der Waals surface area (Å²) < 4.78 is 5.55. The van der Waals surface area contributed by atoms with Crippen molar-refractivity contribution in [1.82, 2.24) is 0 Å². The quantitative estimate of drug-likeness (QED) is 0.478. The van der Waals surface area contributed by atoms with Gasteiger partial charge >= 0.3 is 12.2 Å². The molecule has 0 saturated heterocycles. The van der Waals surface area contributed by atoms with Crippen molar-refractivity contribution in [2.75, 3.05) is 6.61 Å². The van der Waals surface area contributed by atoms with Crippen molar-refractivity contribution in [2.24, 2.45) is 0 Å². The number of ether oxygens (including phenoxy) is 1. The van der Waals surface area contributed by atoms with Crippen LogP contribution in [0.5, 0.6) is 0 Å². The van der Waals surface area contributed by atoms with E-state index in [1.54, 1.807) is 0 Å². The van der Waals surface area contributed by atoms with E-state index in [1.165, 1.54) is 22.3 Å². The van der Waals surface area contributed by atoms with Crippen LogP contribution in [0.1, 0.15) is 34.6 Å². The molecule has 0 aromatic heterocycles. The summed E-state index contributed by atoms with van der Waals surface area (Å²) in [6.07, 6.45) is 8.60. The molecular formula is C28H21NO2+. The maximum atomic E-state index is 12.4. The molecule has 3 aromatic carbocycles. The normalized spacial score (nSPS) is 14.1. The van der Waals surface area contributed by atoms with Gasteiger partial charge in [-0.2, -0.15) is 4.79 Å². The van der Waals surface area contributed by atoms with Gasteiger partial charge in [-0.15, -0.1) is 0 Å². The highest BCUT2D eigenvalue weighted by molar-refractivity contribution is 5.83. The van der Waals surface area contributed by atoms with Crippen molar-refractivity contribution < 1.29 is 9.53 Å². The van der Waals surface area contributed by atoms with Gasteiger partial charge < -0.3 is 4.74 Å². The van der Waals surface area contributed by atoms with Crippen LogP contribution in [-0.4, -0.2) is 12.7 Å². The predicted octanol–water partition coefficient (Wildman–Crippen LogP) is 6.86. The van der Waals surface area contributed by atoms with Gasteiger partial charge in [0.2, 0.25) is 0 Å². The number of hydrogen-bond acceptors (Lipinski definition) is 2. The lowest BCUT2D eigenvalue weighted by Crippen LogP contribution is -2.09. The first kappa shape index (κ1) is 19.1. The monoisotopic (exact) mass is 403 g/mol. The molecule has 0 fully saturated rings. The van der Waals surface area contributed by atoms with Gasteiger partial charge in [0.05, 0.1) is 4.85 Å². The van der Waals surface area contributed by atoms with E-state index in [2.05, 4.69) is 53.8 Å². The number of nitrogens with zero attached hydrogens (tertiary/aromatic N) is 1. The molecule has 0 unspecified atom stereocenters. The second-order valence-electron chi connectivity index (χ2n) is 7.56. The first-order chi connectivity index (χ1) is 15.3. The summed E-state index contributed by atoms with van der Waals surface area (Å²) in [5.41, 5.74) is 7.65. The molecule has 0 N–H and O–H groups in total. The number of carbonyl (C=O) groups excluding carboxylic acids is 1. The molecule has 149 valence electrons. The summed E-state index contributed by atoms with van der Waals surface area (Å²) in [7, 11) is 0. The standard InChI is InChI=1S/C28H21NO2/c30-28(29-18-21-12-4-5-13-22(21)20-10-2-1-3-11-20)31-19-27-25-16-8-6-14-23(25)24-15-7-9-17-26(24)27/h1-2,4-17,27H,3,19H2/q+1. The van der Waals surface area contributed by atoms with E-state index >= 15 is 0 Å². The van der Waals surface area contributed by atoms with E-state index in [0.717, 1.165) is 23.1 Å². The Balaban J connectivity index is 1.33. The van der Waals surface area contributed by atoms with E-state index in [4.69, 9.17) is 4.74 Å². The topological polar surface area (TPSA) is 30.7 Å². The number of allylic oxidation sites excluding steroid dienone is 4. The van der Waals surface area contributed by atoms with Gasteiger partial charge in [0.25, 0.3) is 0 Å². The van der Waals surface area contributed by atoms with Crippen LogP contribution >= 0.6 is 0 Å². The molecule has 5 rings (SSSR count). The molecule has 0 aliphatic heterocycles. The zero-order valence-electron chi connectivity index (χ0n) is 17.0. The second-order valence-corrected chi connectivity index (χ2v) is 7.56. The first-order valence-electron chi connectivity index (χ1n) is 10.4. The highest BCUT2D eigenvalue weighted by atomic mass is 16.5. The lowest BCUT2D eigenvalue weighted by atomic mass is 9.96. The van der Waals surface area contributed by atoms with Crippen LogP contribution in [0, 0.1) is 12.5 Å². The summed E-state index contributed by atoms with van der Waals surface area (Å²) >= 11 is 0. The molecule has 1 amide bonds. The Labute approximate surface area is 182 Å². The lowest BCUT2D eigenvalue weighted by Gasteiger charge is -2.10. The third-order valence-electron chi connectivity index (χ3n) is 5.73. The molecule has 2 aliphatic rings. The minimum Gasteiger partial charge on any atom is -0.397 e.